The molecule has 0 aliphatic heterocycles. The van der Waals surface area contributed by atoms with Gasteiger partial charge in [-0.05, 0) is 60.7 Å². The van der Waals surface area contributed by atoms with Crippen molar-refractivity contribution in [1.82, 2.24) is 0 Å². The van der Waals surface area contributed by atoms with Crippen LogP contribution in [0.2, 0.25) is 10.0 Å². The average Bonchev–Trinajstić information content (AvgIpc) is 2.38. The Hall–Kier alpha value is -0.540. The summed E-state index contributed by atoms with van der Waals surface area (Å²) in [5, 5.41) is 1.14. The third-order valence-electron chi connectivity index (χ3n) is 3.39. The summed E-state index contributed by atoms with van der Waals surface area (Å²) in [6.07, 6.45) is 0.735. The van der Waals surface area contributed by atoms with Crippen LogP contribution in [0.1, 0.15) is 28.3 Å². The van der Waals surface area contributed by atoms with Gasteiger partial charge in [-0.1, -0.05) is 51.3 Å². The van der Waals surface area contributed by atoms with E-state index in [-0.39, 0.29) is 6.04 Å². The highest BCUT2D eigenvalue weighted by Crippen LogP contribution is 2.28. The molecule has 2 N–H and O–H groups in total. The van der Waals surface area contributed by atoms with Gasteiger partial charge in [0, 0.05) is 10.5 Å². The van der Waals surface area contributed by atoms with Gasteiger partial charge in [0.25, 0.3) is 0 Å². The summed E-state index contributed by atoms with van der Waals surface area (Å²) < 4.78 is 1.11. The molecule has 20 heavy (non-hydrogen) atoms. The zero-order valence-corrected chi connectivity index (χ0v) is 14.5. The monoisotopic (exact) mass is 371 g/mol. The second-order valence-corrected chi connectivity index (χ2v) is 6.69. The standard InChI is InChI=1S/C16H16BrCl2N/c1-9-6-13(17)10(2)5-12(9)16(20)8-11-3-4-14(18)15(19)7-11/h3-7,16H,8,20H2,1-2H3. The number of hydrogen-bond donors (Lipinski definition) is 1. The third kappa shape index (κ3) is 3.56. The van der Waals surface area contributed by atoms with Crippen molar-refractivity contribution >= 4 is 39.1 Å². The van der Waals surface area contributed by atoms with Crippen molar-refractivity contribution in [3.8, 4) is 0 Å². The molecule has 0 saturated heterocycles. The van der Waals surface area contributed by atoms with Crippen LogP contribution in [-0.4, -0.2) is 0 Å². The Bertz CT molecular complexity index is 641. The lowest BCUT2D eigenvalue weighted by Crippen LogP contribution is -2.15. The highest BCUT2D eigenvalue weighted by atomic mass is 79.9. The lowest BCUT2D eigenvalue weighted by Gasteiger charge is -2.17. The molecule has 0 radical (unpaired) electrons. The smallest absolute Gasteiger partial charge is 0.0595 e. The summed E-state index contributed by atoms with van der Waals surface area (Å²) >= 11 is 15.5. The molecule has 2 aromatic carbocycles. The van der Waals surface area contributed by atoms with Crippen molar-refractivity contribution in [2.75, 3.05) is 0 Å². The largest absolute Gasteiger partial charge is 0.324 e. The molecule has 2 aromatic rings. The molecule has 1 atom stereocenters. The van der Waals surface area contributed by atoms with Crippen molar-refractivity contribution in [2.45, 2.75) is 26.3 Å². The number of aryl methyl sites for hydroxylation is 2. The highest BCUT2D eigenvalue weighted by Gasteiger charge is 2.12. The van der Waals surface area contributed by atoms with Crippen LogP contribution in [0.4, 0.5) is 0 Å². The van der Waals surface area contributed by atoms with Crippen molar-refractivity contribution < 1.29 is 0 Å². The van der Waals surface area contributed by atoms with E-state index in [9.17, 15) is 0 Å². The maximum Gasteiger partial charge on any atom is 0.0595 e. The van der Waals surface area contributed by atoms with Crippen LogP contribution in [0.3, 0.4) is 0 Å². The quantitative estimate of drug-likeness (QED) is 0.743. The van der Waals surface area contributed by atoms with Crippen LogP contribution in [0.15, 0.2) is 34.8 Å². The zero-order chi connectivity index (χ0) is 14.9. The second kappa shape index (κ2) is 6.48. The van der Waals surface area contributed by atoms with Gasteiger partial charge in [-0.15, -0.1) is 0 Å². The van der Waals surface area contributed by atoms with E-state index in [1.807, 2.05) is 18.2 Å². The molecule has 0 fully saturated rings. The van der Waals surface area contributed by atoms with Gasteiger partial charge in [-0.25, -0.2) is 0 Å². The molecule has 0 amide bonds. The minimum absolute atomic E-state index is 0.0564. The van der Waals surface area contributed by atoms with Crippen molar-refractivity contribution in [3.05, 3.63) is 67.1 Å². The number of benzene rings is 2. The fraction of sp³-hybridized carbons (Fsp3) is 0.250. The van der Waals surface area contributed by atoms with Gasteiger partial charge < -0.3 is 5.73 Å². The van der Waals surface area contributed by atoms with Crippen LogP contribution >= 0.6 is 39.1 Å². The first-order valence-electron chi connectivity index (χ1n) is 6.34. The lowest BCUT2D eigenvalue weighted by atomic mass is 9.95. The summed E-state index contributed by atoms with van der Waals surface area (Å²) in [7, 11) is 0. The first-order chi connectivity index (χ1) is 9.38. The van der Waals surface area contributed by atoms with Gasteiger partial charge in [0.2, 0.25) is 0 Å². The van der Waals surface area contributed by atoms with Crippen LogP contribution in [0, 0.1) is 13.8 Å². The number of rotatable bonds is 3. The molecule has 106 valence electrons. The molecule has 0 aliphatic rings. The third-order valence-corrected chi connectivity index (χ3v) is 4.98. The fourth-order valence-corrected chi connectivity index (χ4v) is 3.01. The van der Waals surface area contributed by atoms with Gasteiger partial charge in [0.1, 0.15) is 0 Å². The average molecular weight is 373 g/mol. The van der Waals surface area contributed by atoms with Crippen LogP contribution in [0.5, 0.6) is 0 Å². The van der Waals surface area contributed by atoms with Gasteiger partial charge >= 0.3 is 0 Å². The molecule has 0 aromatic heterocycles. The molecular formula is C16H16BrCl2N. The predicted octanol–water partition coefficient (Wildman–Crippen LogP) is 5.62. The Morgan fingerprint density at radius 1 is 1.05 bits per heavy atom. The molecule has 0 spiro atoms. The maximum absolute atomic E-state index is 6.34. The van der Waals surface area contributed by atoms with E-state index in [0.717, 1.165) is 22.0 Å². The van der Waals surface area contributed by atoms with Gasteiger partial charge in [-0.2, -0.15) is 0 Å². The normalized spacial score (nSPS) is 12.5. The van der Waals surface area contributed by atoms with Crippen molar-refractivity contribution in [1.29, 1.82) is 0 Å². The van der Waals surface area contributed by atoms with Gasteiger partial charge in [0.15, 0.2) is 0 Å². The first-order valence-corrected chi connectivity index (χ1v) is 7.89. The molecule has 0 aliphatic carbocycles. The van der Waals surface area contributed by atoms with E-state index in [1.165, 1.54) is 11.1 Å². The SMILES string of the molecule is Cc1cc(C(N)Cc2ccc(Cl)c(Cl)c2)c(C)cc1Br. The van der Waals surface area contributed by atoms with Crippen LogP contribution < -0.4 is 5.73 Å². The van der Waals surface area contributed by atoms with Gasteiger partial charge in [-0.3, -0.25) is 0 Å². The van der Waals surface area contributed by atoms with Crippen molar-refractivity contribution in [3.63, 3.8) is 0 Å². The molecule has 4 heteroatoms. The summed E-state index contributed by atoms with van der Waals surface area (Å²) in [4.78, 5) is 0. The summed E-state index contributed by atoms with van der Waals surface area (Å²) in [6.45, 7) is 4.15. The molecule has 1 unspecified atom stereocenters. The zero-order valence-electron chi connectivity index (χ0n) is 11.4. The number of hydrogen-bond acceptors (Lipinski definition) is 1. The lowest BCUT2D eigenvalue weighted by molar-refractivity contribution is 0.715. The Balaban J connectivity index is 2.25. The fourth-order valence-electron chi connectivity index (χ4n) is 2.23. The molecule has 0 heterocycles. The summed E-state index contributed by atoms with van der Waals surface area (Å²) in [5.41, 5.74) is 11.0. The van der Waals surface area contributed by atoms with Crippen LogP contribution in [0.25, 0.3) is 0 Å². The Labute approximate surface area is 138 Å². The van der Waals surface area contributed by atoms with E-state index in [1.54, 1.807) is 0 Å². The minimum atomic E-state index is -0.0564. The Morgan fingerprint density at radius 2 is 1.75 bits per heavy atom. The first kappa shape index (κ1) is 15.8. The highest BCUT2D eigenvalue weighted by molar-refractivity contribution is 9.10. The van der Waals surface area contributed by atoms with E-state index in [0.29, 0.717) is 10.0 Å². The predicted molar refractivity (Wildman–Crippen MR) is 90.7 cm³/mol. The maximum atomic E-state index is 6.34. The van der Waals surface area contributed by atoms with Gasteiger partial charge in [0.05, 0.1) is 10.0 Å². The summed E-state index contributed by atoms with van der Waals surface area (Å²) in [6, 6.07) is 9.85. The molecule has 2 rings (SSSR count). The second-order valence-electron chi connectivity index (χ2n) is 5.02. The van der Waals surface area contributed by atoms with E-state index in [2.05, 4.69) is 41.9 Å². The molecule has 1 nitrogen and oxygen atoms in total. The van der Waals surface area contributed by atoms with E-state index >= 15 is 0 Å². The molecule has 0 saturated carbocycles. The van der Waals surface area contributed by atoms with E-state index in [4.69, 9.17) is 28.9 Å². The van der Waals surface area contributed by atoms with Crippen molar-refractivity contribution in [2.24, 2.45) is 5.73 Å². The minimum Gasteiger partial charge on any atom is -0.324 e. The molecule has 0 bridgehead atoms. The van der Waals surface area contributed by atoms with E-state index < -0.39 is 0 Å². The molecular weight excluding hydrogens is 357 g/mol. The summed E-state index contributed by atoms with van der Waals surface area (Å²) in [5.74, 6) is 0. The van der Waals surface area contributed by atoms with Crippen LogP contribution in [-0.2, 0) is 6.42 Å². The Morgan fingerprint density at radius 3 is 2.40 bits per heavy atom. The topological polar surface area (TPSA) is 26.0 Å². The Kier molecular flexibility index (Phi) is 5.14. The number of halogens is 3. The number of nitrogens with two attached hydrogens (primary N) is 1.